The van der Waals surface area contributed by atoms with Crippen molar-refractivity contribution in [3.63, 3.8) is 0 Å². The molecule has 0 aliphatic heterocycles. The molecule has 0 aromatic carbocycles. The van der Waals surface area contributed by atoms with Crippen LogP contribution in [0.5, 0.6) is 0 Å². The lowest BCUT2D eigenvalue weighted by Gasteiger charge is -2.54. The summed E-state index contributed by atoms with van der Waals surface area (Å²) in [5, 5.41) is 0. The first kappa shape index (κ1) is 48.1. The maximum absolute atomic E-state index is 15.2. The Hall–Kier alpha value is -2.96. The van der Waals surface area contributed by atoms with Crippen LogP contribution in [-0.2, 0) is 9.53 Å². The van der Waals surface area contributed by atoms with Crippen molar-refractivity contribution < 1.29 is 146 Å². The normalized spacial score (nSPS) is 26.3. The van der Waals surface area contributed by atoms with Gasteiger partial charge in [0.2, 0.25) is 0 Å². The van der Waals surface area contributed by atoms with Crippen molar-refractivity contribution in [1.82, 2.24) is 0 Å². The zero-order chi connectivity index (χ0) is 43.9. The standard InChI is InChI=1S/C20H5F31O2/c1-3(2)4(52)53-20(50,51)19(48,49)18(46,47)14(38,39)11(32,33)8(26,27)5(21)6(22,23)9(28,29)12(34,35)15(40,41)17(44,45)16(42,43)13(36,37)10(30,31)7(5,24)25/h1H2,2H3. The van der Waals surface area contributed by atoms with Crippen molar-refractivity contribution in [3.05, 3.63) is 12.2 Å². The number of ether oxygens (including phenoxy) is 1. The largest absolute Gasteiger partial charge is 0.473 e. The van der Waals surface area contributed by atoms with Crippen molar-refractivity contribution in [1.29, 1.82) is 0 Å². The molecular formula is C20H5F31O2. The number of carbonyl (C=O) groups excluding carboxylic acids is 1. The highest BCUT2D eigenvalue weighted by Crippen LogP contribution is 2.75. The topological polar surface area (TPSA) is 26.3 Å². The Labute approximate surface area is 266 Å². The lowest BCUT2D eigenvalue weighted by molar-refractivity contribution is -0.521. The Balaban J connectivity index is 4.70. The van der Waals surface area contributed by atoms with Crippen molar-refractivity contribution >= 4 is 5.97 Å². The summed E-state index contributed by atoms with van der Waals surface area (Å²) in [6.07, 6.45) is -7.95. The van der Waals surface area contributed by atoms with E-state index in [1.165, 1.54) is 0 Å². The van der Waals surface area contributed by atoms with Crippen LogP contribution in [-0.4, -0.2) is 101 Å². The van der Waals surface area contributed by atoms with Gasteiger partial charge in [-0.05, 0) is 6.92 Å². The van der Waals surface area contributed by atoms with E-state index < -0.39 is 106 Å². The molecule has 0 spiro atoms. The molecule has 0 aromatic rings. The minimum atomic E-state index is -11.1. The van der Waals surface area contributed by atoms with Gasteiger partial charge in [0.05, 0.1) is 0 Å². The Kier molecular flexibility index (Phi) is 10.3. The Morgan fingerprint density at radius 3 is 0.830 bits per heavy atom. The van der Waals surface area contributed by atoms with Gasteiger partial charge in [0.25, 0.3) is 0 Å². The van der Waals surface area contributed by atoms with Crippen LogP contribution >= 0.6 is 0 Å². The Bertz CT molecular complexity index is 1410. The molecule has 0 saturated heterocycles. The molecule has 0 aromatic heterocycles. The van der Waals surface area contributed by atoms with Crippen molar-refractivity contribution in [2.75, 3.05) is 0 Å². The molecule has 33 heteroatoms. The van der Waals surface area contributed by atoms with E-state index in [-0.39, 0.29) is 6.92 Å². The molecule has 0 atom stereocenters. The molecule has 0 heterocycles. The third-order valence-electron chi connectivity index (χ3n) is 6.96. The quantitative estimate of drug-likeness (QED) is 0.138. The summed E-state index contributed by atoms with van der Waals surface area (Å²) < 4.78 is 439. The van der Waals surface area contributed by atoms with E-state index in [0.717, 1.165) is 0 Å². The fraction of sp³-hybridized carbons (Fsp3) is 0.850. The molecule has 314 valence electrons. The number of alkyl halides is 31. The van der Waals surface area contributed by atoms with Crippen LogP contribution in [0.3, 0.4) is 0 Å². The van der Waals surface area contributed by atoms with E-state index in [9.17, 15) is 137 Å². The van der Waals surface area contributed by atoms with Gasteiger partial charge in [-0.25, -0.2) is 9.18 Å². The summed E-state index contributed by atoms with van der Waals surface area (Å²) in [6, 6.07) is 0. The average molecular weight is 866 g/mol. The molecule has 1 rings (SSSR count). The maximum Gasteiger partial charge on any atom is 0.473 e. The predicted octanol–water partition coefficient (Wildman–Crippen LogP) is 10.3. The second-order valence-corrected chi connectivity index (χ2v) is 10.4. The third-order valence-corrected chi connectivity index (χ3v) is 6.96. The number of rotatable bonds is 8. The average Bonchev–Trinajstić information content (AvgIpc) is 2.93. The highest BCUT2D eigenvalue weighted by molar-refractivity contribution is 5.87. The minimum absolute atomic E-state index is 0.0592. The smallest absolute Gasteiger partial charge is 0.393 e. The van der Waals surface area contributed by atoms with Gasteiger partial charge in [0, 0.05) is 5.57 Å². The fourth-order valence-electron chi connectivity index (χ4n) is 3.66. The monoisotopic (exact) mass is 866 g/mol. The third kappa shape index (κ3) is 4.82. The van der Waals surface area contributed by atoms with Crippen LogP contribution in [0.1, 0.15) is 6.92 Å². The van der Waals surface area contributed by atoms with Crippen LogP contribution in [0.25, 0.3) is 0 Å². The summed E-state index contributed by atoms with van der Waals surface area (Å²) in [5.41, 5.74) is -12.8. The molecule has 1 fully saturated rings. The van der Waals surface area contributed by atoms with E-state index in [0.29, 0.717) is 0 Å². The SMILES string of the molecule is C=C(C)C(=O)OC(F)(F)C(F)(F)C(F)(F)C(F)(F)C(F)(F)C(F)(F)C1(F)C(F)(F)C(F)(F)C(F)(F)C(F)(F)C(F)(F)C(F)(F)C(F)(F)C(F)(F)C1(F)F. The number of hydrogen-bond acceptors (Lipinski definition) is 2. The molecule has 2 nitrogen and oxygen atoms in total. The highest BCUT2D eigenvalue weighted by atomic mass is 19.4. The molecule has 0 amide bonds. The van der Waals surface area contributed by atoms with E-state index in [1.54, 1.807) is 0 Å². The number of halogens is 31. The fourth-order valence-corrected chi connectivity index (χ4v) is 3.66. The molecular weight excluding hydrogens is 861 g/mol. The zero-order valence-corrected chi connectivity index (χ0v) is 23.2. The van der Waals surface area contributed by atoms with Gasteiger partial charge in [-0.15, -0.1) is 0 Å². The van der Waals surface area contributed by atoms with Crippen LogP contribution < -0.4 is 0 Å². The van der Waals surface area contributed by atoms with Gasteiger partial charge in [0.1, 0.15) is 0 Å². The van der Waals surface area contributed by atoms with Gasteiger partial charge in [-0.1, -0.05) is 6.58 Å². The second kappa shape index (κ2) is 11.3. The molecule has 0 bridgehead atoms. The van der Waals surface area contributed by atoms with Gasteiger partial charge >= 0.3 is 101 Å². The summed E-state index contributed by atoms with van der Waals surface area (Å²) in [5.74, 6) is -144. The lowest BCUT2D eigenvalue weighted by atomic mass is 9.69. The van der Waals surface area contributed by atoms with E-state index in [4.69, 9.17) is 0 Å². The lowest BCUT2D eigenvalue weighted by Crippen LogP contribution is -2.88. The summed E-state index contributed by atoms with van der Waals surface area (Å²) in [4.78, 5) is 10.9. The number of carbonyl (C=O) groups is 1. The van der Waals surface area contributed by atoms with E-state index in [1.807, 2.05) is 0 Å². The van der Waals surface area contributed by atoms with Gasteiger partial charge in [-0.3, -0.25) is 0 Å². The molecule has 1 aliphatic rings. The first-order chi connectivity index (χ1) is 22.3. The van der Waals surface area contributed by atoms with Gasteiger partial charge < -0.3 is 4.74 Å². The summed E-state index contributed by atoms with van der Waals surface area (Å²) in [7, 11) is 0. The maximum atomic E-state index is 15.2. The van der Waals surface area contributed by atoms with Gasteiger partial charge in [0.15, 0.2) is 0 Å². The first-order valence-corrected chi connectivity index (χ1v) is 11.6. The Morgan fingerprint density at radius 1 is 0.396 bits per heavy atom. The first-order valence-electron chi connectivity index (χ1n) is 11.6. The van der Waals surface area contributed by atoms with Crippen LogP contribution in [0.2, 0.25) is 0 Å². The van der Waals surface area contributed by atoms with Crippen LogP contribution in [0.4, 0.5) is 136 Å². The molecule has 0 radical (unpaired) electrons. The molecule has 1 saturated carbocycles. The minimum Gasteiger partial charge on any atom is -0.393 e. The van der Waals surface area contributed by atoms with Gasteiger partial charge in [-0.2, -0.15) is 132 Å². The van der Waals surface area contributed by atoms with E-state index >= 15 is 4.39 Å². The second-order valence-electron chi connectivity index (χ2n) is 10.4. The van der Waals surface area contributed by atoms with Crippen molar-refractivity contribution in [2.45, 2.75) is 102 Å². The molecule has 0 N–H and O–H groups in total. The van der Waals surface area contributed by atoms with Crippen molar-refractivity contribution in [3.8, 4) is 0 Å². The zero-order valence-electron chi connectivity index (χ0n) is 23.2. The molecule has 1 aliphatic carbocycles. The van der Waals surface area contributed by atoms with Crippen molar-refractivity contribution in [2.24, 2.45) is 0 Å². The van der Waals surface area contributed by atoms with Crippen LogP contribution in [0.15, 0.2) is 12.2 Å². The van der Waals surface area contributed by atoms with E-state index in [2.05, 4.69) is 11.3 Å². The highest BCUT2D eigenvalue weighted by Gasteiger charge is 3.08. The molecule has 0 unspecified atom stereocenters. The number of hydrogen-bond donors (Lipinski definition) is 0. The number of esters is 1. The van der Waals surface area contributed by atoms with Crippen LogP contribution in [0, 0.1) is 0 Å². The predicted molar refractivity (Wildman–Crippen MR) is 99.0 cm³/mol. The Morgan fingerprint density at radius 2 is 0.604 bits per heavy atom. The summed E-state index contributed by atoms with van der Waals surface area (Å²) in [6.45, 7) is 2.29. The molecule has 53 heavy (non-hydrogen) atoms. The summed E-state index contributed by atoms with van der Waals surface area (Å²) >= 11 is 0.